The Bertz CT molecular complexity index is 767. The van der Waals surface area contributed by atoms with E-state index in [1.807, 2.05) is 12.4 Å². The number of hydrogen-bond donors (Lipinski definition) is 0. The summed E-state index contributed by atoms with van der Waals surface area (Å²) in [7, 11) is 1.85. The highest BCUT2D eigenvalue weighted by Crippen LogP contribution is 2.27. The van der Waals surface area contributed by atoms with Gasteiger partial charge in [-0.1, -0.05) is 11.8 Å². The minimum absolute atomic E-state index is 0.102. The number of hydrogen-bond acceptors (Lipinski definition) is 7. The summed E-state index contributed by atoms with van der Waals surface area (Å²) in [5.74, 6) is 1.39. The average molecular weight is 422 g/mol. The number of anilines is 1. The van der Waals surface area contributed by atoms with E-state index in [-0.39, 0.29) is 12.0 Å². The lowest BCUT2D eigenvalue weighted by molar-refractivity contribution is -0.127. The molecule has 152 valence electrons. The van der Waals surface area contributed by atoms with E-state index in [9.17, 15) is 4.79 Å². The molecule has 0 aromatic carbocycles. The van der Waals surface area contributed by atoms with Crippen LogP contribution in [0.4, 0.5) is 5.95 Å². The van der Waals surface area contributed by atoms with E-state index in [1.165, 1.54) is 30.2 Å². The predicted octanol–water partition coefficient (Wildman–Crippen LogP) is 2.87. The Morgan fingerprint density at radius 1 is 1.36 bits per heavy atom. The first-order valence-electron chi connectivity index (χ1n) is 9.88. The smallest absolute Gasteiger partial charge is 0.233 e. The molecule has 2 saturated heterocycles. The fourth-order valence-electron chi connectivity index (χ4n) is 3.67. The zero-order chi connectivity index (χ0) is 19.3. The first kappa shape index (κ1) is 19.7. The molecule has 1 amide bonds. The van der Waals surface area contributed by atoms with Crippen LogP contribution in [0, 0.1) is 0 Å². The molecule has 0 spiro atoms. The van der Waals surface area contributed by atoms with Gasteiger partial charge in [0.2, 0.25) is 11.9 Å². The van der Waals surface area contributed by atoms with Crippen LogP contribution in [0.1, 0.15) is 31.2 Å². The van der Waals surface area contributed by atoms with Gasteiger partial charge in [-0.2, -0.15) is 11.3 Å². The van der Waals surface area contributed by atoms with Crippen molar-refractivity contribution in [2.75, 3.05) is 37.4 Å². The van der Waals surface area contributed by atoms with Crippen molar-refractivity contribution < 1.29 is 9.53 Å². The number of nitrogens with zero attached hydrogens (tertiary/aromatic N) is 5. The molecule has 0 bridgehead atoms. The van der Waals surface area contributed by atoms with Gasteiger partial charge in [-0.3, -0.25) is 9.36 Å². The molecule has 1 unspecified atom stereocenters. The molecule has 4 rings (SSSR count). The summed E-state index contributed by atoms with van der Waals surface area (Å²) in [6.45, 7) is 4.29. The summed E-state index contributed by atoms with van der Waals surface area (Å²) < 4.78 is 8.01. The van der Waals surface area contributed by atoms with Crippen LogP contribution in [0.15, 0.2) is 22.0 Å². The monoisotopic (exact) mass is 421 g/mol. The van der Waals surface area contributed by atoms with Crippen LogP contribution in [0.3, 0.4) is 0 Å². The van der Waals surface area contributed by atoms with Gasteiger partial charge in [0.25, 0.3) is 0 Å². The molecule has 1 atom stereocenters. The first-order valence-corrected chi connectivity index (χ1v) is 11.8. The second-order valence-corrected chi connectivity index (χ2v) is 9.11. The van der Waals surface area contributed by atoms with E-state index >= 15 is 0 Å². The van der Waals surface area contributed by atoms with Gasteiger partial charge in [0.05, 0.1) is 18.4 Å². The van der Waals surface area contributed by atoms with Crippen LogP contribution in [0.5, 0.6) is 0 Å². The normalized spacial score (nSPS) is 19.5. The van der Waals surface area contributed by atoms with Crippen LogP contribution in [-0.2, 0) is 22.6 Å². The van der Waals surface area contributed by atoms with Gasteiger partial charge in [0.15, 0.2) is 5.16 Å². The fraction of sp³-hybridized carbons (Fsp3) is 0.632. The predicted molar refractivity (Wildman–Crippen MR) is 112 cm³/mol. The molecule has 2 aromatic heterocycles. The molecule has 2 aliphatic heterocycles. The van der Waals surface area contributed by atoms with Gasteiger partial charge >= 0.3 is 0 Å². The van der Waals surface area contributed by atoms with Gasteiger partial charge in [0.1, 0.15) is 0 Å². The summed E-state index contributed by atoms with van der Waals surface area (Å²) in [5, 5.41) is 13.8. The third-order valence-corrected chi connectivity index (χ3v) is 6.93. The van der Waals surface area contributed by atoms with Crippen LogP contribution in [0.25, 0.3) is 0 Å². The lowest BCUT2D eigenvalue weighted by Gasteiger charge is -2.20. The molecule has 4 heterocycles. The Labute approximate surface area is 174 Å². The summed E-state index contributed by atoms with van der Waals surface area (Å²) in [5.41, 5.74) is 1.17. The highest BCUT2D eigenvalue weighted by atomic mass is 32.2. The maximum Gasteiger partial charge on any atom is 0.233 e. The lowest BCUT2D eigenvalue weighted by Crippen LogP contribution is -2.28. The topological polar surface area (TPSA) is 63.5 Å². The Hall–Kier alpha value is -1.58. The molecule has 0 radical (unpaired) electrons. The highest BCUT2D eigenvalue weighted by molar-refractivity contribution is 7.99. The minimum Gasteiger partial charge on any atom is -0.376 e. The molecular weight excluding hydrogens is 394 g/mol. The number of thiophene rings is 1. The second-order valence-electron chi connectivity index (χ2n) is 7.39. The zero-order valence-electron chi connectivity index (χ0n) is 16.2. The first-order chi connectivity index (χ1) is 13.7. The standard InChI is InChI=1S/C19H27N5O2S2/c1-22(11-15-6-10-27-13-15)17(25)14-28-19-21-20-18(23-7-2-3-8-23)24(19)12-16-5-4-9-26-16/h6,10,13,16H,2-5,7-9,11-12,14H2,1H3. The Morgan fingerprint density at radius 2 is 2.21 bits per heavy atom. The van der Waals surface area contributed by atoms with Crippen LogP contribution >= 0.6 is 23.1 Å². The van der Waals surface area contributed by atoms with Gasteiger partial charge in [-0.25, -0.2) is 0 Å². The van der Waals surface area contributed by atoms with Crippen molar-refractivity contribution in [3.05, 3.63) is 22.4 Å². The Balaban J connectivity index is 1.41. The summed E-state index contributed by atoms with van der Waals surface area (Å²) in [6.07, 6.45) is 4.79. The maximum absolute atomic E-state index is 12.6. The molecule has 0 aliphatic carbocycles. The molecule has 2 fully saturated rings. The van der Waals surface area contributed by atoms with Crippen LogP contribution < -0.4 is 4.90 Å². The third-order valence-electron chi connectivity index (χ3n) is 5.25. The second kappa shape index (κ2) is 9.28. The van der Waals surface area contributed by atoms with E-state index in [1.54, 1.807) is 16.2 Å². The van der Waals surface area contributed by atoms with E-state index < -0.39 is 0 Å². The Morgan fingerprint density at radius 3 is 2.93 bits per heavy atom. The van der Waals surface area contributed by atoms with Crippen molar-refractivity contribution in [2.45, 2.75) is 50.0 Å². The number of ether oxygens (including phenoxy) is 1. The molecule has 2 aliphatic rings. The maximum atomic E-state index is 12.6. The molecule has 0 saturated carbocycles. The van der Waals surface area contributed by atoms with E-state index in [4.69, 9.17) is 4.74 Å². The van der Waals surface area contributed by atoms with Crippen molar-refractivity contribution in [3.63, 3.8) is 0 Å². The zero-order valence-corrected chi connectivity index (χ0v) is 17.9. The average Bonchev–Trinajstić information content (AvgIpc) is 3.47. The van der Waals surface area contributed by atoms with Crippen LogP contribution in [-0.4, -0.2) is 64.2 Å². The van der Waals surface area contributed by atoms with E-state index in [2.05, 4.69) is 31.1 Å². The Kier molecular flexibility index (Phi) is 6.54. The van der Waals surface area contributed by atoms with Crippen molar-refractivity contribution in [2.24, 2.45) is 0 Å². The molecule has 7 nitrogen and oxygen atoms in total. The third kappa shape index (κ3) is 4.69. The largest absolute Gasteiger partial charge is 0.376 e. The number of carbonyl (C=O) groups excluding carboxylic acids is 1. The summed E-state index contributed by atoms with van der Waals surface area (Å²) >= 11 is 3.13. The molecule has 2 aromatic rings. The van der Waals surface area contributed by atoms with E-state index in [0.29, 0.717) is 12.3 Å². The fourth-order valence-corrected chi connectivity index (χ4v) is 5.22. The molecular formula is C19H27N5O2S2. The number of rotatable bonds is 8. The van der Waals surface area contributed by atoms with Crippen molar-refractivity contribution in [1.82, 2.24) is 19.7 Å². The molecule has 9 heteroatoms. The number of thioether (sulfide) groups is 1. The van der Waals surface area contributed by atoms with Gasteiger partial charge in [-0.15, -0.1) is 10.2 Å². The quantitative estimate of drug-likeness (QED) is 0.611. The number of carbonyl (C=O) groups is 1. The van der Waals surface area contributed by atoms with Gasteiger partial charge in [-0.05, 0) is 48.1 Å². The van der Waals surface area contributed by atoms with Crippen molar-refractivity contribution in [3.8, 4) is 0 Å². The number of aromatic nitrogens is 3. The van der Waals surface area contributed by atoms with Gasteiger partial charge < -0.3 is 14.5 Å². The minimum atomic E-state index is 0.102. The summed E-state index contributed by atoms with van der Waals surface area (Å²) in [6, 6.07) is 2.06. The number of amides is 1. The molecule has 28 heavy (non-hydrogen) atoms. The summed E-state index contributed by atoms with van der Waals surface area (Å²) in [4.78, 5) is 16.7. The van der Waals surface area contributed by atoms with E-state index in [0.717, 1.165) is 50.2 Å². The van der Waals surface area contributed by atoms with Crippen LogP contribution in [0.2, 0.25) is 0 Å². The van der Waals surface area contributed by atoms with Gasteiger partial charge in [0, 0.05) is 33.3 Å². The molecule has 0 N–H and O–H groups in total. The SMILES string of the molecule is CN(Cc1ccsc1)C(=O)CSc1nnc(N2CCCC2)n1CC1CCCO1. The highest BCUT2D eigenvalue weighted by Gasteiger charge is 2.25. The van der Waals surface area contributed by atoms with Crippen molar-refractivity contribution >= 4 is 35.0 Å². The van der Waals surface area contributed by atoms with Crippen molar-refractivity contribution in [1.29, 1.82) is 0 Å². The lowest BCUT2D eigenvalue weighted by atomic mass is 10.2.